The summed E-state index contributed by atoms with van der Waals surface area (Å²) in [6.07, 6.45) is 3.78. The smallest absolute Gasteiger partial charge is 0.253 e. The minimum Gasteiger partial charge on any atom is -0.253 e. The summed E-state index contributed by atoms with van der Waals surface area (Å²) in [5.41, 5.74) is 2.87. The summed E-state index contributed by atoms with van der Waals surface area (Å²) in [6, 6.07) is 7.49. The molecule has 0 saturated heterocycles. The summed E-state index contributed by atoms with van der Waals surface area (Å²) in [6.45, 7) is 2.20. The molecule has 0 spiro atoms. The largest absolute Gasteiger partial charge is 0.295 e. The van der Waals surface area contributed by atoms with Crippen molar-refractivity contribution in [1.82, 2.24) is 39.0 Å². The molecule has 8 nitrogen and oxygen atoms in total. The van der Waals surface area contributed by atoms with E-state index in [2.05, 4.69) is 32.4 Å². The van der Waals surface area contributed by atoms with Gasteiger partial charge < -0.3 is 0 Å². The van der Waals surface area contributed by atoms with Crippen molar-refractivity contribution in [3.05, 3.63) is 48.4 Å². The van der Waals surface area contributed by atoms with Crippen molar-refractivity contribution in [2.24, 2.45) is 5.92 Å². The number of rotatable bonds is 2. The monoisotopic (exact) mass is 348 g/mol. The van der Waals surface area contributed by atoms with Gasteiger partial charge in [-0.3, -0.25) is 4.40 Å². The fourth-order valence-corrected chi connectivity index (χ4v) is 3.74. The van der Waals surface area contributed by atoms with Gasteiger partial charge in [-0.25, -0.2) is 9.38 Å². The molecular weight excluding hydrogens is 335 g/mol. The van der Waals surface area contributed by atoms with Gasteiger partial charge in [-0.1, -0.05) is 24.3 Å². The molecule has 2 unspecified atom stereocenters. The quantitative estimate of drug-likeness (QED) is 0.489. The van der Waals surface area contributed by atoms with E-state index in [0.29, 0.717) is 34.6 Å². The second-order valence-electron chi connectivity index (χ2n) is 6.79. The molecule has 128 valence electrons. The van der Waals surface area contributed by atoms with Gasteiger partial charge in [-0.05, 0) is 24.5 Å². The normalized spacial score (nSPS) is 19.8. The molecule has 9 heteroatoms. The molecule has 4 heterocycles. The molecule has 0 N–H and O–H groups in total. The summed E-state index contributed by atoms with van der Waals surface area (Å²) >= 11 is 0. The molecular formula is C17H13FN8. The second-order valence-corrected chi connectivity index (χ2v) is 6.79. The molecule has 1 aliphatic carbocycles. The van der Waals surface area contributed by atoms with E-state index in [1.165, 1.54) is 10.6 Å². The lowest BCUT2D eigenvalue weighted by atomic mass is 10.2. The Morgan fingerprint density at radius 3 is 2.81 bits per heavy atom. The van der Waals surface area contributed by atoms with Crippen LogP contribution in [0.4, 0.5) is 4.39 Å². The Morgan fingerprint density at radius 2 is 1.96 bits per heavy atom. The summed E-state index contributed by atoms with van der Waals surface area (Å²) in [4.78, 5) is 3.85. The van der Waals surface area contributed by atoms with Crippen LogP contribution in [0.25, 0.3) is 28.1 Å². The Balaban J connectivity index is 1.76. The van der Waals surface area contributed by atoms with E-state index in [9.17, 15) is 4.39 Å². The Kier molecular flexibility index (Phi) is 2.47. The number of aromatic nitrogens is 8. The molecule has 0 radical (unpaired) electrons. The first kappa shape index (κ1) is 13.9. The Labute approximate surface area is 145 Å². The number of halogens is 1. The van der Waals surface area contributed by atoms with Gasteiger partial charge in [0.1, 0.15) is 5.65 Å². The van der Waals surface area contributed by atoms with E-state index >= 15 is 0 Å². The highest BCUT2D eigenvalue weighted by atomic mass is 19.1. The van der Waals surface area contributed by atoms with Crippen LogP contribution in [0.15, 0.2) is 36.7 Å². The van der Waals surface area contributed by atoms with Crippen LogP contribution in [0.1, 0.15) is 25.0 Å². The molecule has 5 aromatic rings. The van der Waals surface area contributed by atoms with E-state index in [1.807, 2.05) is 24.3 Å². The lowest BCUT2D eigenvalue weighted by Gasteiger charge is -2.08. The zero-order chi connectivity index (χ0) is 17.4. The molecule has 2 atom stereocenters. The van der Waals surface area contributed by atoms with Gasteiger partial charge in [-0.2, -0.15) is 9.07 Å². The van der Waals surface area contributed by atoms with E-state index in [4.69, 9.17) is 0 Å². The van der Waals surface area contributed by atoms with Crippen molar-refractivity contribution in [3.8, 4) is 5.95 Å². The minimum atomic E-state index is -0.577. The number of hydrogen-bond donors (Lipinski definition) is 0. The maximum Gasteiger partial charge on any atom is 0.295 e. The van der Waals surface area contributed by atoms with Crippen LogP contribution in [0.3, 0.4) is 0 Å². The SMILES string of the molecule is CC1CC1c1cnnn1-c1nnc2c3ccccc3n3c(F)ncc3n12. The van der Waals surface area contributed by atoms with E-state index in [1.54, 1.807) is 15.3 Å². The average Bonchev–Trinajstić information content (AvgIpc) is 3.05. The fraction of sp³-hybridized carbons (Fsp3) is 0.235. The second kappa shape index (κ2) is 4.63. The van der Waals surface area contributed by atoms with Gasteiger partial charge in [0.25, 0.3) is 12.0 Å². The molecule has 0 amide bonds. The van der Waals surface area contributed by atoms with E-state index < -0.39 is 6.08 Å². The third kappa shape index (κ3) is 1.64. The highest BCUT2D eigenvalue weighted by Crippen LogP contribution is 2.46. The Bertz CT molecular complexity index is 1310. The number of para-hydroxylation sites is 1. The van der Waals surface area contributed by atoms with Crippen molar-refractivity contribution in [3.63, 3.8) is 0 Å². The topological polar surface area (TPSA) is 78.2 Å². The fourth-order valence-electron chi connectivity index (χ4n) is 3.74. The number of nitrogens with zero attached hydrogens (tertiary/aromatic N) is 8. The van der Waals surface area contributed by atoms with Crippen molar-refractivity contribution < 1.29 is 4.39 Å². The van der Waals surface area contributed by atoms with Gasteiger partial charge in [-0.15, -0.1) is 15.3 Å². The van der Waals surface area contributed by atoms with Crippen LogP contribution in [-0.4, -0.2) is 39.0 Å². The predicted octanol–water partition coefficient (Wildman–Crippen LogP) is 2.37. The highest BCUT2D eigenvalue weighted by Gasteiger charge is 2.38. The lowest BCUT2D eigenvalue weighted by Crippen LogP contribution is -2.09. The Morgan fingerprint density at radius 1 is 1.12 bits per heavy atom. The van der Waals surface area contributed by atoms with Gasteiger partial charge >= 0.3 is 0 Å². The molecule has 1 aliphatic rings. The van der Waals surface area contributed by atoms with Crippen molar-refractivity contribution in [2.75, 3.05) is 0 Å². The maximum atomic E-state index is 14.4. The summed E-state index contributed by atoms with van der Waals surface area (Å²) in [5, 5.41) is 17.8. The minimum absolute atomic E-state index is 0.412. The number of hydrogen-bond acceptors (Lipinski definition) is 5. The first-order valence-corrected chi connectivity index (χ1v) is 8.44. The molecule has 1 fully saturated rings. The van der Waals surface area contributed by atoms with Gasteiger partial charge in [0.15, 0.2) is 5.65 Å². The predicted molar refractivity (Wildman–Crippen MR) is 90.6 cm³/mol. The summed E-state index contributed by atoms with van der Waals surface area (Å²) < 4.78 is 19.4. The van der Waals surface area contributed by atoms with Crippen LogP contribution in [-0.2, 0) is 0 Å². The number of fused-ring (bicyclic) bond motifs is 6. The first-order valence-electron chi connectivity index (χ1n) is 8.44. The van der Waals surface area contributed by atoms with Crippen LogP contribution in [0.5, 0.6) is 0 Å². The molecule has 26 heavy (non-hydrogen) atoms. The van der Waals surface area contributed by atoms with Crippen LogP contribution < -0.4 is 0 Å². The zero-order valence-corrected chi connectivity index (χ0v) is 13.8. The van der Waals surface area contributed by atoms with Gasteiger partial charge in [0.05, 0.1) is 23.6 Å². The highest BCUT2D eigenvalue weighted by molar-refractivity contribution is 5.94. The van der Waals surface area contributed by atoms with Crippen LogP contribution >= 0.6 is 0 Å². The van der Waals surface area contributed by atoms with Crippen molar-refractivity contribution in [1.29, 1.82) is 0 Å². The van der Waals surface area contributed by atoms with Crippen LogP contribution in [0, 0.1) is 12.0 Å². The molecule has 0 aliphatic heterocycles. The van der Waals surface area contributed by atoms with Crippen LogP contribution in [0.2, 0.25) is 0 Å². The molecule has 1 saturated carbocycles. The molecule has 4 aromatic heterocycles. The van der Waals surface area contributed by atoms with Gasteiger partial charge in [0.2, 0.25) is 0 Å². The summed E-state index contributed by atoms with van der Waals surface area (Å²) in [7, 11) is 0. The van der Waals surface area contributed by atoms with E-state index in [0.717, 1.165) is 17.5 Å². The Hall–Kier alpha value is -3.36. The molecule has 1 aromatic carbocycles. The lowest BCUT2D eigenvalue weighted by molar-refractivity contribution is 0.539. The molecule has 0 bridgehead atoms. The average molecular weight is 348 g/mol. The van der Waals surface area contributed by atoms with Gasteiger partial charge in [0, 0.05) is 11.3 Å². The summed E-state index contributed by atoms with van der Waals surface area (Å²) in [5.74, 6) is 1.50. The molecule has 6 rings (SSSR count). The third-order valence-electron chi connectivity index (χ3n) is 5.22. The van der Waals surface area contributed by atoms with Crippen molar-refractivity contribution in [2.45, 2.75) is 19.3 Å². The van der Waals surface area contributed by atoms with E-state index in [-0.39, 0.29) is 0 Å². The third-order valence-corrected chi connectivity index (χ3v) is 5.22. The zero-order valence-electron chi connectivity index (χ0n) is 13.8. The maximum absolute atomic E-state index is 14.4. The first-order chi connectivity index (χ1) is 12.7. The standard InChI is InChI=1S/C17H13FN8/c1-9-6-11(9)13-7-20-23-26(13)17-22-21-15-10-4-2-3-5-12(10)24-14(25(15)17)8-19-16(24)18/h2-5,7-9,11H,6H2,1H3. The van der Waals surface area contributed by atoms with Crippen molar-refractivity contribution >= 4 is 22.2 Å². The number of benzene rings is 1. The number of imidazole rings is 1.